The largest absolute Gasteiger partial charge is 0.454 e. The molecule has 2 atom stereocenters. The standard InChI is InChI=1S/C13H16O2/c1-3-10-9-13(2,15-12(10)14)11-7-5-4-6-8-11/h4-8,10H,3,9H2,1-2H3. The van der Waals surface area contributed by atoms with E-state index in [9.17, 15) is 4.79 Å². The Labute approximate surface area is 90.3 Å². The highest BCUT2D eigenvalue weighted by molar-refractivity contribution is 5.75. The van der Waals surface area contributed by atoms with Crippen molar-refractivity contribution in [2.75, 3.05) is 0 Å². The van der Waals surface area contributed by atoms with Crippen LogP contribution in [0.25, 0.3) is 0 Å². The molecule has 2 unspecified atom stereocenters. The van der Waals surface area contributed by atoms with Gasteiger partial charge in [-0.25, -0.2) is 0 Å². The van der Waals surface area contributed by atoms with E-state index in [1.54, 1.807) is 0 Å². The van der Waals surface area contributed by atoms with E-state index in [1.807, 2.05) is 44.2 Å². The Bertz CT molecular complexity index is 358. The summed E-state index contributed by atoms with van der Waals surface area (Å²) in [6.45, 7) is 4.03. The molecule has 1 heterocycles. The van der Waals surface area contributed by atoms with Gasteiger partial charge in [0, 0.05) is 6.42 Å². The van der Waals surface area contributed by atoms with E-state index >= 15 is 0 Å². The first kappa shape index (κ1) is 10.2. The number of carbonyl (C=O) groups excluding carboxylic acids is 1. The first-order chi connectivity index (χ1) is 7.15. The number of carbonyl (C=O) groups is 1. The number of hydrogen-bond acceptors (Lipinski definition) is 2. The molecule has 2 nitrogen and oxygen atoms in total. The molecule has 1 aliphatic rings. The molecule has 0 saturated carbocycles. The average Bonchev–Trinajstić information content (AvgIpc) is 2.56. The van der Waals surface area contributed by atoms with Gasteiger partial charge in [0.1, 0.15) is 5.60 Å². The highest BCUT2D eigenvalue weighted by Gasteiger charge is 2.43. The molecule has 2 heteroatoms. The lowest BCUT2D eigenvalue weighted by molar-refractivity contribution is -0.150. The third kappa shape index (κ3) is 1.76. The van der Waals surface area contributed by atoms with Crippen molar-refractivity contribution >= 4 is 5.97 Å². The molecule has 0 aliphatic carbocycles. The highest BCUT2D eigenvalue weighted by Crippen LogP contribution is 2.40. The number of benzene rings is 1. The molecule has 1 saturated heterocycles. The molecular formula is C13H16O2. The Balaban J connectivity index is 2.27. The van der Waals surface area contributed by atoms with E-state index in [0.29, 0.717) is 0 Å². The molecular weight excluding hydrogens is 188 g/mol. The van der Waals surface area contributed by atoms with Crippen LogP contribution in [0.3, 0.4) is 0 Å². The molecule has 0 radical (unpaired) electrons. The van der Waals surface area contributed by atoms with Crippen LogP contribution in [0.15, 0.2) is 30.3 Å². The summed E-state index contributed by atoms with van der Waals surface area (Å²) >= 11 is 0. The summed E-state index contributed by atoms with van der Waals surface area (Å²) in [7, 11) is 0. The SMILES string of the molecule is CCC1CC(C)(c2ccccc2)OC1=O. The fourth-order valence-electron chi connectivity index (χ4n) is 2.18. The number of ether oxygens (including phenoxy) is 1. The van der Waals surface area contributed by atoms with Gasteiger partial charge in [0.05, 0.1) is 5.92 Å². The van der Waals surface area contributed by atoms with Crippen LogP contribution in [-0.4, -0.2) is 5.97 Å². The molecule has 0 aromatic heterocycles. The van der Waals surface area contributed by atoms with E-state index in [4.69, 9.17) is 4.74 Å². The summed E-state index contributed by atoms with van der Waals surface area (Å²) in [5.41, 5.74) is 0.674. The predicted octanol–water partition coefficient (Wildman–Crippen LogP) is 2.87. The van der Waals surface area contributed by atoms with Crippen LogP contribution in [-0.2, 0) is 15.1 Å². The molecule has 0 spiro atoms. The van der Waals surface area contributed by atoms with Crippen LogP contribution in [0.4, 0.5) is 0 Å². The summed E-state index contributed by atoms with van der Waals surface area (Å²) in [6, 6.07) is 9.97. The van der Waals surface area contributed by atoms with Crippen molar-refractivity contribution in [1.82, 2.24) is 0 Å². The lowest BCUT2D eigenvalue weighted by Crippen LogP contribution is -2.20. The van der Waals surface area contributed by atoms with E-state index in [1.165, 1.54) is 0 Å². The van der Waals surface area contributed by atoms with Gasteiger partial charge in [0.15, 0.2) is 0 Å². The van der Waals surface area contributed by atoms with E-state index in [2.05, 4.69) is 0 Å². The maximum atomic E-state index is 11.6. The Morgan fingerprint density at radius 3 is 2.60 bits per heavy atom. The first-order valence-corrected chi connectivity index (χ1v) is 5.44. The van der Waals surface area contributed by atoms with Gasteiger partial charge in [-0.1, -0.05) is 37.3 Å². The van der Waals surface area contributed by atoms with E-state index in [-0.39, 0.29) is 11.9 Å². The zero-order valence-corrected chi connectivity index (χ0v) is 9.19. The number of hydrogen-bond donors (Lipinski definition) is 0. The van der Waals surface area contributed by atoms with Crippen molar-refractivity contribution in [3.05, 3.63) is 35.9 Å². The van der Waals surface area contributed by atoms with Crippen molar-refractivity contribution in [3.8, 4) is 0 Å². The normalized spacial score (nSPS) is 30.3. The second-order valence-electron chi connectivity index (χ2n) is 4.33. The Morgan fingerprint density at radius 2 is 2.07 bits per heavy atom. The maximum Gasteiger partial charge on any atom is 0.309 e. The maximum absolute atomic E-state index is 11.6. The van der Waals surface area contributed by atoms with Crippen molar-refractivity contribution in [1.29, 1.82) is 0 Å². The molecule has 1 aliphatic heterocycles. The lowest BCUT2D eigenvalue weighted by atomic mass is 9.88. The molecule has 15 heavy (non-hydrogen) atoms. The van der Waals surface area contributed by atoms with Crippen molar-refractivity contribution < 1.29 is 9.53 Å². The van der Waals surface area contributed by atoms with Gasteiger partial charge in [-0.15, -0.1) is 0 Å². The van der Waals surface area contributed by atoms with E-state index in [0.717, 1.165) is 18.4 Å². The summed E-state index contributed by atoms with van der Waals surface area (Å²) in [6.07, 6.45) is 1.66. The van der Waals surface area contributed by atoms with Crippen LogP contribution in [0, 0.1) is 5.92 Å². The minimum Gasteiger partial charge on any atom is -0.454 e. The summed E-state index contributed by atoms with van der Waals surface area (Å²) in [4.78, 5) is 11.6. The summed E-state index contributed by atoms with van der Waals surface area (Å²) < 4.78 is 5.50. The monoisotopic (exact) mass is 204 g/mol. The van der Waals surface area contributed by atoms with Crippen LogP contribution >= 0.6 is 0 Å². The van der Waals surface area contributed by atoms with Gasteiger partial charge < -0.3 is 4.74 Å². The second kappa shape index (κ2) is 3.69. The lowest BCUT2D eigenvalue weighted by Gasteiger charge is -2.22. The topological polar surface area (TPSA) is 26.3 Å². The van der Waals surface area contributed by atoms with Crippen molar-refractivity contribution in [3.63, 3.8) is 0 Å². The zero-order valence-electron chi connectivity index (χ0n) is 9.19. The minimum absolute atomic E-state index is 0.0520. The molecule has 1 aromatic rings. The van der Waals surface area contributed by atoms with Crippen LogP contribution in [0.2, 0.25) is 0 Å². The first-order valence-electron chi connectivity index (χ1n) is 5.44. The zero-order chi connectivity index (χ0) is 10.9. The third-order valence-electron chi connectivity index (χ3n) is 3.17. The van der Waals surface area contributed by atoms with Crippen molar-refractivity contribution in [2.24, 2.45) is 5.92 Å². The third-order valence-corrected chi connectivity index (χ3v) is 3.17. The number of esters is 1. The Kier molecular flexibility index (Phi) is 2.51. The second-order valence-corrected chi connectivity index (χ2v) is 4.33. The Morgan fingerprint density at radius 1 is 1.40 bits per heavy atom. The minimum atomic E-state index is -0.418. The number of rotatable bonds is 2. The summed E-state index contributed by atoms with van der Waals surface area (Å²) in [5, 5.41) is 0. The van der Waals surface area contributed by atoms with Gasteiger partial charge >= 0.3 is 5.97 Å². The average molecular weight is 204 g/mol. The fourth-order valence-corrected chi connectivity index (χ4v) is 2.18. The van der Waals surface area contributed by atoms with Gasteiger partial charge in [-0.2, -0.15) is 0 Å². The van der Waals surface area contributed by atoms with E-state index < -0.39 is 5.60 Å². The quantitative estimate of drug-likeness (QED) is 0.692. The Hall–Kier alpha value is -1.31. The van der Waals surface area contributed by atoms with Gasteiger partial charge in [0.25, 0.3) is 0 Å². The highest BCUT2D eigenvalue weighted by atomic mass is 16.6. The molecule has 0 N–H and O–H groups in total. The van der Waals surface area contributed by atoms with Gasteiger partial charge in [-0.3, -0.25) is 4.79 Å². The molecule has 1 fully saturated rings. The molecule has 0 bridgehead atoms. The fraction of sp³-hybridized carbons (Fsp3) is 0.462. The molecule has 0 amide bonds. The van der Waals surface area contributed by atoms with Gasteiger partial charge in [-0.05, 0) is 18.9 Å². The number of cyclic esters (lactones) is 1. The molecule has 1 aromatic carbocycles. The molecule has 80 valence electrons. The smallest absolute Gasteiger partial charge is 0.309 e. The molecule has 2 rings (SSSR count). The van der Waals surface area contributed by atoms with Gasteiger partial charge in [0.2, 0.25) is 0 Å². The van der Waals surface area contributed by atoms with Crippen LogP contribution in [0.5, 0.6) is 0 Å². The van der Waals surface area contributed by atoms with Crippen molar-refractivity contribution in [2.45, 2.75) is 32.3 Å². The summed E-state index contributed by atoms with van der Waals surface area (Å²) in [5.74, 6) is 0.0130. The van der Waals surface area contributed by atoms with Crippen LogP contribution < -0.4 is 0 Å². The van der Waals surface area contributed by atoms with Crippen LogP contribution in [0.1, 0.15) is 32.3 Å². The predicted molar refractivity (Wildman–Crippen MR) is 58.3 cm³/mol.